The van der Waals surface area contributed by atoms with Crippen molar-refractivity contribution in [3.63, 3.8) is 0 Å². The maximum absolute atomic E-state index is 14.2. The van der Waals surface area contributed by atoms with Crippen LogP contribution in [0, 0.1) is 23.0 Å². The lowest BCUT2D eigenvalue weighted by Gasteiger charge is -2.10. The number of aromatic nitrogens is 2. The van der Waals surface area contributed by atoms with Crippen molar-refractivity contribution < 1.29 is 18.3 Å². The van der Waals surface area contributed by atoms with Crippen LogP contribution in [0.1, 0.15) is 21.6 Å². The van der Waals surface area contributed by atoms with Crippen LogP contribution < -0.4 is 10.1 Å². The first-order valence-electron chi connectivity index (χ1n) is 7.80. The van der Waals surface area contributed by atoms with E-state index in [1.165, 1.54) is 13.3 Å². The largest absolute Gasteiger partial charge is 0.497 e. The predicted octanol–water partition coefficient (Wildman–Crippen LogP) is 4.37. The summed E-state index contributed by atoms with van der Waals surface area (Å²) in [7, 11) is 1.26. The van der Waals surface area contributed by atoms with E-state index in [0.29, 0.717) is 11.3 Å². The Morgan fingerprint density at radius 1 is 1.21 bits per heavy atom. The van der Waals surface area contributed by atoms with Gasteiger partial charge in [-0.15, -0.1) is 0 Å². The number of rotatable bonds is 5. The van der Waals surface area contributed by atoms with Gasteiger partial charge in [0.15, 0.2) is 0 Å². The summed E-state index contributed by atoms with van der Waals surface area (Å²) < 4.78 is 33.4. The number of hydrogen-bond acceptors (Lipinski definition) is 6. The lowest BCUT2D eigenvalue weighted by Crippen LogP contribution is -2.12. The minimum Gasteiger partial charge on any atom is -0.497 e. The lowest BCUT2D eigenvalue weighted by molar-refractivity contribution is 0.102. The third-order valence-corrected chi connectivity index (χ3v) is 4.29. The van der Waals surface area contributed by atoms with Gasteiger partial charge in [-0.25, -0.2) is 18.7 Å². The highest BCUT2D eigenvalue weighted by Gasteiger charge is 2.24. The van der Waals surface area contributed by atoms with E-state index in [1.54, 1.807) is 24.3 Å². The maximum atomic E-state index is 14.2. The highest BCUT2D eigenvalue weighted by Crippen LogP contribution is 2.26. The van der Waals surface area contributed by atoms with Crippen molar-refractivity contribution in [2.45, 2.75) is 0 Å². The van der Waals surface area contributed by atoms with Crippen LogP contribution in [-0.2, 0) is 0 Å². The fourth-order valence-corrected chi connectivity index (χ4v) is 2.72. The summed E-state index contributed by atoms with van der Waals surface area (Å²) in [6, 6.07) is 10.3. The number of nitrogens with zero attached hydrogens (tertiary/aromatic N) is 3. The fraction of sp³-hybridized carbons (Fsp3) is 0.0526. The molecule has 0 amide bonds. The Kier molecular flexibility index (Phi) is 5.61. The number of halogens is 3. The maximum Gasteiger partial charge on any atom is 0.227 e. The zero-order valence-electron chi connectivity index (χ0n) is 14.3. The van der Waals surface area contributed by atoms with E-state index in [9.17, 15) is 13.6 Å². The average molecular weight is 445 g/mol. The van der Waals surface area contributed by atoms with E-state index in [-0.39, 0.29) is 21.9 Å². The number of carbonyl (C=O) groups excluding carboxylic acids is 1. The summed E-state index contributed by atoms with van der Waals surface area (Å²) >= 11 is 3.13. The second-order valence-corrected chi connectivity index (χ2v) is 6.35. The Morgan fingerprint density at radius 3 is 2.43 bits per heavy atom. The quantitative estimate of drug-likeness (QED) is 0.587. The molecule has 1 N–H and O–H groups in total. The van der Waals surface area contributed by atoms with E-state index in [4.69, 9.17) is 10.00 Å². The molecule has 2 aromatic carbocycles. The number of ether oxygens (including phenoxy) is 1. The molecular weight excluding hydrogens is 434 g/mol. The van der Waals surface area contributed by atoms with Crippen LogP contribution in [0.15, 0.2) is 47.1 Å². The summed E-state index contributed by atoms with van der Waals surface area (Å²) in [6.07, 6.45) is 1.30. The van der Waals surface area contributed by atoms with Crippen LogP contribution in [0.3, 0.4) is 0 Å². The van der Waals surface area contributed by atoms with E-state index in [1.807, 2.05) is 6.07 Å². The zero-order chi connectivity index (χ0) is 20.3. The molecule has 0 aliphatic heterocycles. The Hall–Kier alpha value is -3.38. The Labute approximate surface area is 166 Å². The van der Waals surface area contributed by atoms with Crippen molar-refractivity contribution in [1.82, 2.24) is 9.97 Å². The van der Waals surface area contributed by atoms with Crippen molar-refractivity contribution in [2.24, 2.45) is 0 Å². The highest BCUT2D eigenvalue weighted by molar-refractivity contribution is 9.10. The summed E-state index contributed by atoms with van der Waals surface area (Å²) in [5, 5.41) is 11.7. The second kappa shape index (κ2) is 8.10. The molecule has 9 heteroatoms. The molecular formula is C19H11BrF2N4O2. The molecule has 0 saturated carbocycles. The van der Waals surface area contributed by atoms with Crippen LogP contribution in [0.2, 0.25) is 0 Å². The number of anilines is 2. The average Bonchev–Trinajstić information content (AvgIpc) is 2.69. The molecule has 3 aromatic rings. The van der Waals surface area contributed by atoms with Crippen molar-refractivity contribution in [2.75, 3.05) is 12.4 Å². The molecule has 0 saturated heterocycles. The van der Waals surface area contributed by atoms with Gasteiger partial charge >= 0.3 is 0 Å². The first kappa shape index (κ1) is 19.4. The summed E-state index contributed by atoms with van der Waals surface area (Å²) in [5.41, 5.74) is 0.0868. The third kappa shape index (κ3) is 3.97. The van der Waals surface area contributed by atoms with Crippen molar-refractivity contribution >= 4 is 33.3 Å². The summed E-state index contributed by atoms with van der Waals surface area (Å²) in [5.74, 6) is -3.07. The molecule has 1 heterocycles. The molecule has 0 radical (unpaired) electrons. The lowest BCUT2D eigenvalue weighted by atomic mass is 10.1. The molecule has 0 aliphatic carbocycles. The van der Waals surface area contributed by atoms with Gasteiger partial charge in [0, 0.05) is 24.0 Å². The molecule has 0 bridgehead atoms. The van der Waals surface area contributed by atoms with Gasteiger partial charge in [-0.3, -0.25) is 4.79 Å². The van der Waals surface area contributed by atoms with Crippen LogP contribution in [-0.4, -0.2) is 22.9 Å². The standard InChI is InChI=1S/C19H11BrF2N4O2/c1-28-12-6-14(21)16(15(22)7-12)18(27)17-13(20)9-24-19(26-17)25-11-4-2-10(8-23)3-5-11/h2-7,9H,1H3,(H,24,25,26). The van der Waals surface area contributed by atoms with Crippen molar-refractivity contribution in [3.05, 3.63) is 75.5 Å². The van der Waals surface area contributed by atoms with Crippen LogP contribution >= 0.6 is 15.9 Å². The SMILES string of the molecule is COc1cc(F)c(C(=O)c2nc(Nc3ccc(C#N)cc3)ncc2Br)c(F)c1. The number of hydrogen-bond donors (Lipinski definition) is 1. The first-order valence-corrected chi connectivity index (χ1v) is 8.59. The van der Waals surface area contributed by atoms with Crippen molar-refractivity contribution in [1.29, 1.82) is 5.26 Å². The topological polar surface area (TPSA) is 87.9 Å². The molecule has 0 atom stereocenters. The number of carbonyl (C=O) groups is 1. The molecule has 3 rings (SSSR count). The van der Waals surface area contributed by atoms with Crippen LogP contribution in [0.5, 0.6) is 5.75 Å². The fourth-order valence-electron chi connectivity index (χ4n) is 2.35. The van der Waals surface area contributed by atoms with Gasteiger partial charge in [-0.1, -0.05) is 0 Å². The molecule has 28 heavy (non-hydrogen) atoms. The molecule has 140 valence electrons. The van der Waals surface area contributed by atoms with Gasteiger partial charge in [-0.05, 0) is 40.2 Å². The Balaban J connectivity index is 1.95. The molecule has 1 aromatic heterocycles. The van der Waals surface area contributed by atoms with Gasteiger partial charge < -0.3 is 10.1 Å². The number of nitriles is 1. The van der Waals surface area contributed by atoms with Gasteiger partial charge in [0.1, 0.15) is 23.1 Å². The number of benzene rings is 2. The third-order valence-electron chi connectivity index (χ3n) is 3.71. The summed E-state index contributed by atoms with van der Waals surface area (Å²) in [4.78, 5) is 20.8. The summed E-state index contributed by atoms with van der Waals surface area (Å²) in [6.45, 7) is 0. The zero-order valence-corrected chi connectivity index (χ0v) is 15.9. The van der Waals surface area contributed by atoms with Gasteiger partial charge in [-0.2, -0.15) is 5.26 Å². The molecule has 0 unspecified atom stereocenters. The number of nitrogens with one attached hydrogen (secondary N) is 1. The van der Waals surface area contributed by atoms with E-state index >= 15 is 0 Å². The monoisotopic (exact) mass is 444 g/mol. The molecule has 0 spiro atoms. The Morgan fingerprint density at radius 2 is 1.86 bits per heavy atom. The highest BCUT2D eigenvalue weighted by atomic mass is 79.9. The Bertz CT molecular complexity index is 1080. The van der Waals surface area contributed by atoms with Gasteiger partial charge in [0.2, 0.25) is 11.7 Å². The minimum atomic E-state index is -1.06. The van der Waals surface area contributed by atoms with E-state index in [0.717, 1.165) is 12.1 Å². The van der Waals surface area contributed by atoms with Crippen LogP contribution in [0.4, 0.5) is 20.4 Å². The first-order chi connectivity index (χ1) is 13.4. The molecule has 0 aliphatic rings. The second-order valence-electron chi connectivity index (χ2n) is 5.50. The van der Waals surface area contributed by atoms with Gasteiger partial charge in [0.25, 0.3) is 0 Å². The van der Waals surface area contributed by atoms with Gasteiger partial charge in [0.05, 0.1) is 28.8 Å². The predicted molar refractivity (Wildman–Crippen MR) is 101 cm³/mol. The normalized spacial score (nSPS) is 10.2. The van der Waals surface area contributed by atoms with E-state index in [2.05, 4.69) is 31.2 Å². The van der Waals surface area contributed by atoms with Crippen LogP contribution in [0.25, 0.3) is 0 Å². The number of ketones is 1. The van der Waals surface area contributed by atoms with E-state index < -0.39 is 23.0 Å². The smallest absolute Gasteiger partial charge is 0.227 e. The molecule has 0 fully saturated rings. The minimum absolute atomic E-state index is 0.0449. The molecule has 6 nitrogen and oxygen atoms in total. The van der Waals surface area contributed by atoms with Crippen molar-refractivity contribution in [3.8, 4) is 11.8 Å². The number of methoxy groups -OCH3 is 1.